The molecule has 0 amide bonds. The van der Waals surface area contributed by atoms with Gasteiger partial charge in [0.15, 0.2) is 0 Å². The molecular formula is C13H18ClN3. The molecule has 3 nitrogen and oxygen atoms in total. The van der Waals surface area contributed by atoms with Crippen LogP contribution in [0.15, 0.2) is 24.3 Å². The average molecular weight is 252 g/mol. The Hall–Kier alpha value is -0.610. The van der Waals surface area contributed by atoms with Gasteiger partial charge in [0.25, 0.3) is 0 Å². The first-order chi connectivity index (χ1) is 8.24. The van der Waals surface area contributed by atoms with Crippen LogP contribution in [0, 0.1) is 0 Å². The normalized spacial score (nSPS) is 33.6. The predicted octanol–water partition coefficient (Wildman–Crippen LogP) is 1.34. The van der Waals surface area contributed by atoms with Crippen molar-refractivity contribution in [3.8, 4) is 0 Å². The monoisotopic (exact) mass is 251 g/mol. The molecule has 1 aromatic carbocycles. The summed E-state index contributed by atoms with van der Waals surface area (Å²) in [5.74, 6) is 0. The molecule has 3 heterocycles. The van der Waals surface area contributed by atoms with E-state index >= 15 is 0 Å². The molecule has 4 heteroatoms. The van der Waals surface area contributed by atoms with Gasteiger partial charge in [-0.25, -0.2) is 0 Å². The number of nitrogens with zero attached hydrogens (tertiary/aromatic N) is 2. The molecule has 3 aliphatic rings. The van der Waals surface area contributed by atoms with Crippen molar-refractivity contribution in [1.82, 2.24) is 9.80 Å². The molecule has 2 N–H and O–H groups in total. The number of halogens is 1. The van der Waals surface area contributed by atoms with Gasteiger partial charge < -0.3 is 5.73 Å². The van der Waals surface area contributed by atoms with E-state index in [0.717, 1.165) is 24.7 Å². The fraction of sp³-hybridized carbons (Fsp3) is 0.538. The summed E-state index contributed by atoms with van der Waals surface area (Å²) in [6, 6.07) is 8.49. The average Bonchev–Trinajstić information content (AvgIpc) is 2.40. The van der Waals surface area contributed by atoms with Crippen LogP contribution in [-0.2, 0) is 0 Å². The molecule has 17 heavy (non-hydrogen) atoms. The Balaban J connectivity index is 1.77. The van der Waals surface area contributed by atoms with Crippen molar-refractivity contribution in [3.63, 3.8) is 0 Å². The molecule has 0 aromatic heterocycles. The molecule has 0 spiro atoms. The largest absolute Gasteiger partial charge is 0.323 e. The number of nitrogens with two attached hydrogens (primary N) is 1. The smallest absolute Gasteiger partial charge is 0.0465 e. The topological polar surface area (TPSA) is 32.5 Å². The standard InChI is InChI=1S/C13H18ClN3/c14-11-3-1-10(2-4-11)13(15)12-9-16-5-7-17(12)8-6-16/h1-4,12-13H,5-9,15H2. The number of fused-ring (bicyclic) bond motifs is 3. The second-order valence-electron chi connectivity index (χ2n) is 4.98. The van der Waals surface area contributed by atoms with Crippen LogP contribution in [0.25, 0.3) is 0 Å². The van der Waals surface area contributed by atoms with E-state index in [1.165, 1.54) is 18.7 Å². The lowest BCUT2D eigenvalue weighted by molar-refractivity contribution is 0.00215. The Bertz CT molecular complexity index is 384. The number of benzene rings is 1. The van der Waals surface area contributed by atoms with E-state index < -0.39 is 0 Å². The second-order valence-corrected chi connectivity index (χ2v) is 5.42. The predicted molar refractivity (Wildman–Crippen MR) is 70.2 cm³/mol. The van der Waals surface area contributed by atoms with Crippen LogP contribution in [0.3, 0.4) is 0 Å². The van der Waals surface area contributed by atoms with E-state index in [0.29, 0.717) is 6.04 Å². The number of hydrogen-bond donors (Lipinski definition) is 1. The van der Waals surface area contributed by atoms with Gasteiger partial charge in [-0.3, -0.25) is 9.80 Å². The van der Waals surface area contributed by atoms with Gasteiger partial charge in [-0.2, -0.15) is 0 Å². The minimum Gasteiger partial charge on any atom is -0.323 e. The van der Waals surface area contributed by atoms with E-state index in [1.807, 2.05) is 24.3 Å². The van der Waals surface area contributed by atoms with Crippen molar-refractivity contribution < 1.29 is 0 Å². The van der Waals surface area contributed by atoms with Crippen LogP contribution < -0.4 is 5.73 Å². The molecule has 1 aromatic rings. The summed E-state index contributed by atoms with van der Waals surface area (Å²) in [7, 11) is 0. The number of hydrogen-bond acceptors (Lipinski definition) is 3. The maximum atomic E-state index is 6.39. The highest BCUT2D eigenvalue weighted by atomic mass is 35.5. The van der Waals surface area contributed by atoms with Gasteiger partial charge in [0.2, 0.25) is 0 Å². The molecule has 2 bridgehead atoms. The quantitative estimate of drug-likeness (QED) is 0.861. The van der Waals surface area contributed by atoms with Crippen LogP contribution in [0.5, 0.6) is 0 Å². The Morgan fingerprint density at radius 2 is 1.76 bits per heavy atom. The Kier molecular flexibility index (Phi) is 3.09. The van der Waals surface area contributed by atoms with Gasteiger partial charge in [0.05, 0.1) is 0 Å². The van der Waals surface area contributed by atoms with Crippen LogP contribution >= 0.6 is 11.6 Å². The first-order valence-corrected chi connectivity index (χ1v) is 6.59. The van der Waals surface area contributed by atoms with Crippen molar-refractivity contribution in [3.05, 3.63) is 34.9 Å². The van der Waals surface area contributed by atoms with Gasteiger partial charge in [0, 0.05) is 49.8 Å². The third kappa shape index (κ3) is 2.20. The number of rotatable bonds is 2. The van der Waals surface area contributed by atoms with Gasteiger partial charge in [-0.05, 0) is 17.7 Å². The fourth-order valence-electron chi connectivity index (χ4n) is 2.91. The first-order valence-electron chi connectivity index (χ1n) is 6.21. The van der Waals surface area contributed by atoms with Gasteiger partial charge in [0.1, 0.15) is 0 Å². The van der Waals surface area contributed by atoms with E-state index in [1.54, 1.807) is 0 Å². The maximum absolute atomic E-state index is 6.39. The van der Waals surface area contributed by atoms with Crippen molar-refractivity contribution in [2.45, 2.75) is 12.1 Å². The van der Waals surface area contributed by atoms with Gasteiger partial charge in [-0.1, -0.05) is 23.7 Å². The zero-order valence-corrected chi connectivity index (χ0v) is 10.6. The van der Waals surface area contributed by atoms with Crippen LogP contribution in [0.2, 0.25) is 5.02 Å². The van der Waals surface area contributed by atoms with E-state index in [2.05, 4.69) is 9.80 Å². The van der Waals surface area contributed by atoms with Crippen LogP contribution in [0.4, 0.5) is 0 Å². The highest BCUT2D eigenvalue weighted by Crippen LogP contribution is 2.26. The van der Waals surface area contributed by atoms with Crippen molar-refractivity contribution in [2.24, 2.45) is 5.73 Å². The zero-order valence-electron chi connectivity index (χ0n) is 9.85. The summed E-state index contributed by atoms with van der Waals surface area (Å²) >= 11 is 5.91. The Labute approximate surface area is 107 Å². The third-order valence-corrected chi connectivity index (χ3v) is 4.24. The lowest BCUT2D eigenvalue weighted by atomic mass is 9.95. The molecule has 0 radical (unpaired) electrons. The Morgan fingerprint density at radius 3 is 2.29 bits per heavy atom. The first kappa shape index (κ1) is 11.5. The van der Waals surface area contributed by atoms with Crippen molar-refractivity contribution >= 4 is 11.6 Å². The lowest BCUT2D eigenvalue weighted by Crippen LogP contribution is -2.63. The van der Waals surface area contributed by atoms with E-state index in [4.69, 9.17) is 17.3 Å². The van der Waals surface area contributed by atoms with Crippen molar-refractivity contribution in [1.29, 1.82) is 0 Å². The zero-order chi connectivity index (χ0) is 11.8. The molecule has 3 saturated heterocycles. The summed E-state index contributed by atoms with van der Waals surface area (Å²) in [6.45, 7) is 5.81. The second kappa shape index (κ2) is 4.58. The lowest BCUT2D eigenvalue weighted by Gasteiger charge is -2.49. The third-order valence-electron chi connectivity index (χ3n) is 3.99. The van der Waals surface area contributed by atoms with Crippen LogP contribution in [-0.4, -0.2) is 48.6 Å². The minimum atomic E-state index is 0.0929. The molecule has 92 valence electrons. The van der Waals surface area contributed by atoms with Crippen molar-refractivity contribution in [2.75, 3.05) is 32.7 Å². The highest BCUT2D eigenvalue weighted by Gasteiger charge is 2.35. The molecule has 0 saturated carbocycles. The maximum Gasteiger partial charge on any atom is 0.0465 e. The van der Waals surface area contributed by atoms with Gasteiger partial charge >= 0.3 is 0 Å². The molecule has 4 rings (SSSR count). The molecular weight excluding hydrogens is 234 g/mol. The SMILES string of the molecule is NC(c1ccc(Cl)cc1)C1CN2CCN1CC2. The van der Waals surface area contributed by atoms with Gasteiger partial charge in [-0.15, -0.1) is 0 Å². The molecule has 2 unspecified atom stereocenters. The summed E-state index contributed by atoms with van der Waals surface area (Å²) in [6.07, 6.45) is 0. The van der Waals surface area contributed by atoms with E-state index in [-0.39, 0.29) is 6.04 Å². The highest BCUT2D eigenvalue weighted by molar-refractivity contribution is 6.30. The number of piperazine rings is 3. The fourth-order valence-corrected chi connectivity index (χ4v) is 3.03. The summed E-state index contributed by atoms with van der Waals surface area (Å²) < 4.78 is 0. The summed E-state index contributed by atoms with van der Waals surface area (Å²) in [5, 5.41) is 0.773. The molecule has 2 atom stereocenters. The minimum absolute atomic E-state index is 0.0929. The van der Waals surface area contributed by atoms with Crippen LogP contribution in [0.1, 0.15) is 11.6 Å². The van der Waals surface area contributed by atoms with E-state index in [9.17, 15) is 0 Å². The molecule has 3 fully saturated rings. The summed E-state index contributed by atoms with van der Waals surface area (Å²) in [4.78, 5) is 5.04. The summed E-state index contributed by atoms with van der Waals surface area (Å²) in [5.41, 5.74) is 7.58. The molecule has 0 aliphatic carbocycles. The Morgan fingerprint density at radius 1 is 1.12 bits per heavy atom. The molecule has 3 aliphatic heterocycles.